The van der Waals surface area contributed by atoms with E-state index in [4.69, 9.17) is 4.74 Å². The highest BCUT2D eigenvalue weighted by Crippen LogP contribution is 2.64. The zero-order valence-electron chi connectivity index (χ0n) is 22.7. The first kappa shape index (κ1) is 26.9. The first-order valence-electron chi connectivity index (χ1n) is 14.9. The molecule has 3 unspecified atom stereocenters. The minimum absolute atomic E-state index is 0.0470. The van der Waals surface area contributed by atoms with Crippen molar-refractivity contribution in [2.75, 3.05) is 0 Å². The first-order valence-corrected chi connectivity index (χ1v) is 14.9. The van der Waals surface area contributed by atoms with E-state index in [1.165, 1.54) is 50.5 Å². The summed E-state index contributed by atoms with van der Waals surface area (Å²) in [7, 11) is 0. The van der Waals surface area contributed by atoms with Crippen molar-refractivity contribution in [2.45, 2.75) is 142 Å². The van der Waals surface area contributed by atoms with E-state index in [0.29, 0.717) is 30.5 Å². The largest absolute Gasteiger partial charge is 0.462 e. The van der Waals surface area contributed by atoms with Gasteiger partial charge >= 0.3 is 5.97 Å². The number of carbonyl (C=O) groups excluding carboxylic acids is 2. The zero-order chi connectivity index (χ0) is 25.1. The number of hydrogen-bond acceptors (Lipinski definition) is 4. The molecule has 0 radical (unpaired) electrons. The van der Waals surface area contributed by atoms with Gasteiger partial charge in [-0.15, -0.1) is 0 Å². The third kappa shape index (κ3) is 5.58. The van der Waals surface area contributed by atoms with Crippen LogP contribution in [0.15, 0.2) is 11.6 Å². The van der Waals surface area contributed by atoms with Crippen molar-refractivity contribution in [1.82, 2.24) is 0 Å². The van der Waals surface area contributed by atoms with Gasteiger partial charge in [-0.2, -0.15) is 0 Å². The molecular formula is C31H50O4. The molecule has 4 aliphatic carbocycles. The Bertz CT molecular complexity index is 787. The molecule has 7 atom stereocenters. The molecule has 0 spiro atoms. The van der Waals surface area contributed by atoms with Gasteiger partial charge in [0, 0.05) is 24.7 Å². The molecule has 0 aromatic carbocycles. The molecule has 0 saturated heterocycles. The molecule has 1 N–H and O–H groups in total. The van der Waals surface area contributed by atoms with Crippen LogP contribution in [0.5, 0.6) is 0 Å². The van der Waals surface area contributed by atoms with E-state index in [2.05, 4.69) is 26.8 Å². The number of ketones is 1. The maximum absolute atomic E-state index is 12.6. The van der Waals surface area contributed by atoms with E-state index in [1.807, 2.05) is 0 Å². The normalized spacial score (nSPS) is 38.3. The Hall–Kier alpha value is -1.16. The van der Waals surface area contributed by atoms with Crippen LogP contribution >= 0.6 is 0 Å². The van der Waals surface area contributed by atoms with Gasteiger partial charge in [-0.1, -0.05) is 83.8 Å². The smallest absolute Gasteiger partial charge is 0.306 e. The minimum atomic E-state index is -0.477. The highest BCUT2D eigenvalue weighted by atomic mass is 16.5. The molecular weight excluding hydrogens is 436 g/mol. The lowest BCUT2D eigenvalue weighted by atomic mass is 9.47. The summed E-state index contributed by atoms with van der Waals surface area (Å²) in [6.07, 6.45) is 19.6. The van der Waals surface area contributed by atoms with E-state index in [1.54, 1.807) is 0 Å². The first-order chi connectivity index (χ1) is 16.8. The fourth-order valence-corrected chi connectivity index (χ4v) is 8.31. The van der Waals surface area contributed by atoms with Crippen LogP contribution in [0.25, 0.3) is 0 Å². The molecule has 4 rings (SSSR count). The second kappa shape index (κ2) is 11.5. The number of rotatable bonds is 11. The van der Waals surface area contributed by atoms with E-state index in [9.17, 15) is 14.7 Å². The Balaban J connectivity index is 1.25. The van der Waals surface area contributed by atoms with Gasteiger partial charge in [0.1, 0.15) is 11.9 Å². The van der Waals surface area contributed by atoms with Crippen LogP contribution in [0.3, 0.4) is 0 Å². The SMILES string of the molecule is CCCCCCCCCCCC(=O)O[C@H]1CC[C@@]2(C)C(=C[C@@H](O)C3C2CC[C@]2(C)C(=O)CCC32)C1. The monoisotopic (exact) mass is 486 g/mol. The number of hydrogen-bond donors (Lipinski definition) is 1. The van der Waals surface area contributed by atoms with Crippen molar-refractivity contribution < 1.29 is 19.4 Å². The summed E-state index contributed by atoms with van der Waals surface area (Å²) in [5.41, 5.74) is 1.13. The van der Waals surface area contributed by atoms with Gasteiger partial charge in [-0.3, -0.25) is 9.59 Å². The number of aliphatic hydroxyl groups excluding tert-OH is 1. The van der Waals surface area contributed by atoms with Crippen LogP contribution in [0.4, 0.5) is 0 Å². The fourth-order valence-electron chi connectivity index (χ4n) is 8.31. The van der Waals surface area contributed by atoms with Crippen molar-refractivity contribution in [2.24, 2.45) is 28.6 Å². The van der Waals surface area contributed by atoms with Gasteiger partial charge in [-0.05, 0) is 61.7 Å². The highest BCUT2D eigenvalue weighted by Gasteiger charge is 2.60. The van der Waals surface area contributed by atoms with Crippen LogP contribution in [-0.2, 0) is 14.3 Å². The van der Waals surface area contributed by atoms with Crippen molar-refractivity contribution >= 4 is 11.8 Å². The maximum atomic E-state index is 12.6. The van der Waals surface area contributed by atoms with E-state index in [0.717, 1.165) is 51.4 Å². The molecule has 4 nitrogen and oxygen atoms in total. The number of fused-ring (bicyclic) bond motifs is 5. The Morgan fingerprint density at radius 3 is 2.29 bits per heavy atom. The summed E-state index contributed by atoms with van der Waals surface area (Å²) >= 11 is 0. The predicted octanol–water partition coefficient (Wildman–Crippen LogP) is 7.32. The Labute approximate surface area is 213 Å². The molecule has 0 amide bonds. The van der Waals surface area contributed by atoms with Crippen molar-refractivity contribution in [3.05, 3.63) is 11.6 Å². The van der Waals surface area contributed by atoms with Crippen LogP contribution in [-0.4, -0.2) is 29.1 Å². The topological polar surface area (TPSA) is 63.6 Å². The number of Topliss-reactive ketones (excluding diaryl/α,β-unsaturated/α-hetero) is 1. The van der Waals surface area contributed by atoms with Gasteiger partial charge in [0.15, 0.2) is 0 Å². The van der Waals surface area contributed by atoms with Crippen LogP contribution in [0, 0.1) is 28.6 Å². The lowest BCUT2D eigenvalue weighted by Crippen LogP contribution is -2.54. The number of aliphatic hydroxyl groups is 1. The lowest BCUT2D eigenvalue weighted by Gasteiger charge is -2.58. The summed E-state index contributed by atoms with van der Waals surface area (Å²) in [4.78, 5) is 25.2. The summed E-state index contributed by atoms with van der Waals surface area (Å²) < 4.78 is 5.92. The molecule has 4 aliphatic rings. The standard InChI is InChI=1S/C31H50O4/c1-4-5-6-7-8-9-10-11-12-13-28(34)35-23-16-18-30(2)22(20-23)21-26(32)29-24-14-15-27(33)31(24,3)19-17-25(29)30/h21,23-26,29,32H,4-20H2,1-3H3/t23-,24?,25?,26+,29?,30-,31-/m0/s1. The molecule has 0 aromatic heterocycles. The highest BCUT2D eigenvalue weighted by molar-refractivity contribution is 5.87. The molecule has 0 bridgehead atoms. The van der Waals surface area contributed by atoms with Gasteiger partial charge in [0.25, 0.3) is 0 Å². The van der Waals surface area contributed by atoms with Crippen molar-refractivity contribution in [3.63, 3.8) is 0 Å². The van der Waals surface area contributed by atoms with E-state index in [-0.39, 0.29) is 28.8 Å². The molecule has 0 aliphatic heterocycles. The average Bonchev–Trinajstić information content (AvgIpc) is 3.13. The van der Waals surface area contributed by atoms with Gasteiger partial charge < -0.3 is 9.84 Å². The minimum Gasteiger partial charge on any atom is -0.462 e. The zero-order valence-corrected chi connectivity index (χ0v) is 22.7. The van der Waals surface area contributed by atoms with Gasteiger partial charge in [-0.25, -0.2) is 0 Å². The third-order valence-electron chi connectivity index (χ3n) is 10.6. The molecule has 3 fully saturated rings. The van der Waals surface area contributed by atoms with Gasteiger partial charge in [0.2, 0.25) is 0 Å². The summed E-state index contributed by atoms with van der Waals surface area (Å²) in [5.74, 6) is 1.30. The molecule has 35 heavy (non-hydrogen) atoms. The maximum Gasteiger partial charge on any atom is 0.306 e. The fraction of sp³-hybridized carbons (Fsp3) is 0.871. The molecule has 0 heterocycles. The molecule has 198 valence electrons. The summed E-state index contributed by atoms with van der Waals surface area (Å²) in [6, 6.07) is 0. The Morgan fingerprint density at radius 2 is 1.57 bits per heavy atom. The third-order valence-corrected chi connectivity index (χ3v) is 10.6. The number of carbonyl (C=O) groups is 2. The van der Waals surface area contributed by atoms with E-state index < -0.39 is 6.10 Å². The van der Waals surface area contributed by atoms with Crippen LogP contribution in [0.1, 0.15) is 130 Å². The quantitative estimate of drug-likeness (QED) is 0.189. The molecule has 4 heteroatoms. The summed E-state index contributed by atoms with van der Waals surface area (Å²) in [5, 5.41) is 11.2. The van der Waals surface area contributed by atoms with Crippen LogP contribution < -0.4 is 0 Å². The van der Waals surface area contributed by atoms with Crippen molar-refractivity contribution in [1.29, 1.82) is 0 Å². The number of ether oxygens (including phenoxy) is 1. The lowest BCUT2D eigenvalue weighted by molar-refractivity contribution is -0.152. The van der Waals surface area contributed by atoms with Crippen LogP contribution in [0.2, 0.25) is 0 Å². The van der Waals surface area contributed by atoms with Gasteiger partial charge in [0.05, 0.1) is 6.10 Å². The molecule has 3 saturated carbocycles. The molecule has 0 aromatic rings. The Kier molecular flexibility index (Phi) is 8.82. The second-order valence-electron chi connectivity index (χ2n) is 12.7. The second-order valence-corrected chi connectivity index (χ2v) is 12.7. The predicted molar refractivity (Wildman–Crippen MR) is 140 cm³/mol. The van der Waals surface area contributed by atoms with E-state index >= 15 is 0 Å². The number of unbranched alkanes of at least 4 members (excludes halogenated alkanes) is 8. The summed E-state index contributed by atoms with van der Waals surface area (Å²) in [6.45, 7) is 6.78. The Morgan fingerprint density at radius 1 is 0.943 bits per heavy atom. The number of esters is 1. The average molecular weight is 487 g/mol. The van der Waals surface area contributed by atoms with Crippen molar-refractivity contribution in [3.8, 4) is 0 Å².